The highest BCUT2D eigenvalue weighted by atomic mass is 15.1. The average Bonchev–Trinajstić information content (AvgIpc) is 2.32. The third-order valence-electron chi connectivity index (χ3n) is 2.53. The van der Waals surface area contributed by atoms with Gasteiger partial charge in [0, 0.05) is 31.4 Å². The lowest BCUT2D eigenvalue weighted by Crippen LogP contribution is -2.14. The van der Waals surface area contributed by atoms with Crippen molar-refractivity contribution in [2.75, 3.05) is 13.6 Å². The van der Waals surface area contributed by atoms with E-state index in [0.717, 1.165) is 12.8 Å². The molecule has 0 aromatic rings. The van der Waals surface area contributed by atoms with E-state index in [0.29, 0.717) is 0 Å². The molecule has 0 atom stereocenters. The lowest BCUT2D eigenvalue weighted by Gasteiger charge is -2.18. The largest absolute Gasteiger partial charge is 0.376 e. The van der Waals surface area contributed by atoms with Gasteiger partial charge in [-0.15, -0.1) is 0 Å². The van der Waals surface area contributed by atoms with Gasteiger partial charge in [0.15, 0.2) is 0 Å². The second-order valence-electron chi connectivity index (χ2n) is 3.41. The lowest BCUT2D eigenvalue weighted by molar-refractivity contribution is 0.443. The Hall–Kier alpha value is -0.790. The van der Waals surface area contributed by atoms with Crippen LogP contribution in [0.15, 0.2) is 16.4 Å². The minimum absolute atomic E-state index is 1.16. The number of hydrogen-bond donors (Lipinski definition) is 0. The van der Waals surface area contributed by atoms with Gasteiger partial charge in [0.25, 0.3) is 0 Å². The van der Waals surface area contributed by atoms with Gasteiger partial charge in [-0.3, -0.25) is 4.99 Å². The van der Waals surface area contributed by atoms with Crippen molar-refractivity contribution in [2.45, 2.75) is 26.2 Å². The first kappa shape index (κ1) is 6.89. The van der Waals surface area contributed by atoms with E-state index in [4.69, 9.17) is 0 Å². The van der Waals surface area contributed by atoms with Crippen molar-refractivity contribution in [1.82, 2.24) is 4.90 Å². The maximum Gasteiger partial charge on any atom is 0.0611 e. The summed E-state index contributed by atoms with van der Waals surface area (Å²) < 4.78 is 0. The number of rotatable bonds is 0. The van der Waals surface area contributed by atoms with Crippen molar-refractivity contribution in [3.63, 3.8) is 0 Å². The molecule has 0 N–H and O–H groups in total. The first-order valence-corrected chi connectivity index (χ1v) is 4.24. The molecule has 0 spiro atoms. The van der Waals surface area contributed by atoms with Gasteiger partial charge in [-0.1, -0.05) is 0 Å². The first-order chi connectivity index (χ1) is 5.27. The van der Waals surface area contributed by atoms with Crippen molar-refractivity contribution in [3.8, 4) is 0 Å². The summed E-state index contributed by atoms with van der Waals surface area (Å²) in [4.78, 5) is 6.89. The van der Waals surface area contributed by atoms with Gasteiger partial charge in [0.2, 0.25) is 0 Å². The summed E-state index contributed by atoms with van der Waals surface area (Å²) in [7, 11) is 2.17. The molecule has 2 heterocycles. The van der Waals surface area contributed by atoms with Crippen molar-refractivity contribution in [1.29, 1.82) is 0 Å². The fourth-order valence-electron chi connectivity index (χ4n) is 1.81. The Bertz CT molecular complexity index is 238. The summed E-state index contributed by atoms with van der Waals surface area (Å²) in [5.74, 6) is 0. The third-order valence-corrected chi connectivity index (χ3v) is 2.53. The topological polar surface area (TPSA) is 15.6 Å². The van der Waals surface area contributed by atoms with Crippen molar-refractivity contribution in [2.24, 2.45) is 4.99 Å². The zero-order chi connectivity index (χ0) is 7.84. The van der Waals surface area contributed by atoms with Gasteiger partial charge in [-0.2, -0.15) is 0 Å². The highest BCUT2D eigenvalue weighted by molar-refractivity contribution is 5.84. The molecule has 2 rings (SSSR count). The Morgan fingerprint density at radius 1 is 1.27 bits per heavy atom. The molecule has 0 radical (unpaired) electrons. The minimum Gasteiger partial charge on any atom is -0.376 e. The Kier molecular flexibility index (Phi) is 1.48. The molecule has 0 aromatic heterocycles. The molecule has 2 aliphatic heterocycles. The molecule has 0 bridgehead atoms. The van der Waals surface area contributed by atoms with E-state index in [-0.39, 0.29) is 0 Å². The SMILES string of the molecule is CC1=NC2=C(CC1)N(C)CC2. The number of hydrogen-bond acceptors (Lipinski definition) is 2. The summed E-state index contributed by atoms with van der Waals surface area (Å²) in [5.41, 5.74) is 4.13. The van der Waals surface area contributed by atoms with Crippen LogP contribution in [-0.4, -0.2) is 24.2 Å². The van der Waals surface area contributed by atoms with Crippen LogP contribution >= 0.6 is 0 Å². The van der Waals surface area contributed by atoms with E-state index in [1.807, 2.05) is 0 Å². The van der Waals surface area contributed by atoms with E-state index in [2.05, 4.69) is 23.9 Å². The summed E-state index contributed by atoms with van der Waals surface area (Å²) in [6.07, 6.45) is 3.52. The standard InChI is InChI=1S/C9H14N2/c1-7-3-4-9-8(10-7)5-6-11(9)2/h3-6H2,1-2H3. The zero-order valence-corrected chi connectivity index (χ0v) is 7.22. The highest BCUT2D eigenvalue weighted by Gasteiger charge is 2.21. The Balaban J connectivity index is 2.30. The van der Waals surface area contributed by atoms with E-state index >= 15 is 0 Å². The molecule has 0 saturated heterocycles. The normalized spacial score (nSPS) is 23.8. The van der Waals surface area contributed by atoms with Crippen LogP contribution in [0.4, 0.5) is 0 Å². The molecule has 2 nitrogen and oxygen atoms in total. The average molecular weight is 150 g/mol. The fourth-order valence-corrected chi connectivity index (χ4v) is 1.81. The quantitative estimate of drug-likeness (QED) is 0.514. The molecular formula is C9H14N2. The predicted molar refractivity (Wildman–Crippen MR) is 46.6 cm³/mol. The smallest absolute Gasteiger partial charge is 0.0611 e. The molecule has 60 valence electrons. The maximum atomic E-state index is 4.55. The molecule has 2 heteroatoms. The summed E-state index contributed by atoms with van der Waals surface area (Å²) in [5, 5.41) is 0. The van der Waals surface area contributed by atoms with Crippen LogP contribution in [0.2, 0.25) is 0 Å². The molecule has 0 aliphatic carbocycles. The van der Waals surface area contributed by atoms with E-state index in [1.54, 1.807) is 0 Å². The van der Waals surface area contributed by atoms with Crippen LogP contribution in [0.1, 0.15) is 26.2 Å². The van der Waals surface area contributed by atoms with E-state index in [1.165, 1.54) is 30.1 Å². The van der Waals surface area contributed by atoms with Gasteiger partial charge in [-0.25, -0.2) is 0 Å². The van der Waals surface area contributed by atoms with Gasteiger partial charge in [0.1, 0.15) is 0 Å². The fraction of sp³-hybridized carbons (Fsp3) is 0.667. The van der Waals surface area contributed by atoms with Crippen LogP contribution in [-0.2, 0) is 0 Å². The van der Waals surface area contributed by atoms with Crippen LogP contribution < -0.4 is 0 Å². The van der Waals surface area contributed by atoms with E-state index in [9.17, 15) is 0 Å². The van der Waals surface area contributed by atoms with Crippen molar-refractivity contribution in [3.05, 3.63) is 11.4 Å². The molecule has 11 heavy (non-hydrogen) atoms. The number of aliphatic imine (C=N–C) groups is 1. The molecule has 0 unspecified atom stereocenters. The monoisotopic (exact) mass is 150 g/mol. The predicted octanol–water partition coefficient (Wildman–Crippen LogP) is 1.79. The maximum absolute atomic E-state index is 4.55. The van der Waals surface area contributed by atoms with Gasteiger partial charge in [0.05, 0.1) is 5.70 Å². The molecule has 0 saturated carbocycles. The third kappa shape index (κ3) is 1.06. The zero-order valence-electron chi connectivity index (χ0n) is 7.22. The lowest BCUT2D eigenvalue weighted by atomic mass is 10.1. The van der Waals surface area contributed by atoms with Crippen LogP contribution in [0.3, 0.4) is 0 Å². The Morgan fingerprint density at radius 2 is 2.09 bits per heavy atom. The first-order valence-electron chi connectivity index (χ1n) is 4.24. The second-order valence-corrected chi connectivity index (χ2v) is 3.41. The van der Waals surface area contributed by atoms with Gasteiger partial charge < -0.3 is 4.90 Å². The van der Waals surface area contributed by atoms with Gasteiger partial charge >= 0.3 is 0 Å². The molecule has 2 aliphatic rings. The van der Waals surface area contributed by atoms with Crippen LogP contribution in [0.5, 0.6) is 0 Å². The molecule has 0 fully saturated rings. The number of nitrogens with zero attached hydrogens (tertiary/aromatic N) is 2. The number of allylic oxidation sites excluding steroid dienone is 1. The molecule has 0 aromatic carbocycles. The highest BCUT2D eigenvalue weighted by Crippen LogP contribution is 2.29. The minimum atomic E-state index is 1.16. The van der Waals surface area contributed by atoms with Crippen molar-refractivity contribution >= 4 is 5.71 Å². The Morgan fingerprint density at radius 3 is 2.91 bits per heavy atom. The van der Waals surface area contributed by atoms with Crippen LogP contribution in [0, 0.1) is 0 Å². The molecule has 0 amide bonds. The second kappa shape index (κ2) is 2.36. The van der Waals surface area contributed by atoms with Gasteiger partial charge in [-0.05, 0) is 19.8 Å². The van der Waals surface area contributed by atoms with E-state index < -0.39 is 0 Å². The summed E-state index contributed by atoms with van der Waals surface area (Å²) >= 11 is 0. The summed E-state index contributed by atoms with van der Waals surface area (Å²) in [6.45, 7) is 3.30. The van der Waals surface area contributed by atoms with Crippen molar-refractivity contribution < 1.29 is 0 Å². The Labute approximate surface area is 67.6 Å². The molecular weight excluding hydrogens is 136 g/mol. The summed E-state index contributed by atoms with van der Waals surface area (Å²) in [6, 6.07) is 0. The van der Waals surface area contributed by atoms with Crippen LogP contribution in [0.25, 0.3) is 0 Å².